The molecule has 0 aliphatic heterocycles. The third-order valence-electron chi connectivity index (χ3n) is 3.63. The lowest BCUT2D eigenvalue weighted by molar-refractivity contribution is 0.0686. The van der Waals surface area contributed by atoms with Crippen molar-refractivity contribution in [1.29, 1.82) is 0 Å². The average molecular weight is 371 g/mol. The zero-order chi connectivity index (χ0) is 18.8. The molecule has 0 radical (unpaired) electrons. The molecule has 0 bridgehead atoms. The summed E-state index contributed by atoms with van der Waals surface area (Å²) in [6.45, 7) is 0. The fraction of sp³-hybridized carbons (Fsp3) is 0. The largest absolute Gasteiger partial charge is 0.477 e. The molecule has 26 heavy (non-hydrogen) atoms. The lowest BCUT2D eigenvalue weighted by atomic mass is 10.0. The van der Waals surface area contributed by atoms with Crippen molar-refractivity contribution >= 4 is 23.5 Å². The monoisotopic (exact) mass is 370 g/mol. The Bertz CT molecular complexity index is 1060. The van der Waals surface area contributed by atoms with Gasteiger partial charge in [0.05, 0.1) is 11.4 Å². The van der Waals surface area contributed by atoms with E-state index in [9.17, 15) is 24.6 Å². The van der Waals surface area contributed by atoms with E-state index in [0.717, 1.165) is 4.68 Å². The predicted octanol–water partition coefficient (Wildman–Crippen LogP) is 2.95. The molecule has 0 spiro atoms. The van der Waals surface area contributed by atoms with Gasteiger partial charge in [0.2, 0.25) is 11.1 Å². The van der Waals surface area contributed by atoms with Gasteiger partial charge in [0, 0.05) is 10.6 Å². The minimum atomic E-state index is -1.61. The van der Waals surface area contributed by atoms with E-state index in [0.29, 0.717) is 16.3 Å². The van der Waals surface area contributed by atoms with E-state index < -0.39 is 28.6 Å². The lowest BCUT2D eigenvalue weighted by Gasteiger charge is -2.16. The molecule has 0 amide bonds. The molecule has 0 fully saturated rings. The number of carboxylic acids is 2. The van der Waals surface area contributed by atoms with Crippen molar-refractivity contribution in [2.45, 2.75) is 0 Å². The Hall–Kier alpha value is -3.45. The quantitative estimate of drug-likeness (QED) is 0.730. The lowest BCUT2D eigenvalue weighted by Crippen LogP contribution is -2.29. The Balaban J connectivity index is 2.48. The summed E-state index contributed by atoms with van der Waals surface area (Å²) in [5.41, 5.74) is -1.96. The summed E-state index contributed by atoms with van der Waals surface area (Å²) in [6.07, 6.45) is 0. The van der Waals surface area contributed by atoms with Crippen molar-refractivity contribution < 1.29 is 19.8 Å². The van der Waals surface area contributed by atoms with Gasteiger partial charge in [-0.1, -0.05) is 41.9 Å². The Labute approximate surface area is 151 Å². The van der Waals surface area contributed by atoms with Gasteiger partial charge in [0.25, 0.3) is 0 Å². The van der Waals surface area contributed by atoms with Crippen LogP contribution in [0.25, 0.3) is 16.9 Å². The smallest absolute Gasteiger partial charge is 0.360 e. The first-order valence-electron chi connectivity index (χ1n) is 7.35. The number of hydrogen-bond acceptors (Lipinski definition) is 4. The highest BCUT2D eigenvalue weighted by molar-refractivity contribution is 6.30. The van der Waals surface area contributed by atoms with Crippen molar-refractivity contribution in [3.05, 3.63) is 81.1 Å². The van der Waals surface area contributed by atoms with Crippen LogP contribution in [-0.2, 0) is 0 Å². The summed E-state index contributed by atoms with van der Waals surface area (Å²) in [5, 5.41) is 23.2. The molecule has 0 aliphatic carbocycles. The number of aromatic nitrogens is 2. The second-order valence-electron chi connectivity index (χ2n) is 5.27. The number of nitrogens with zero attached hydrogens (tertiary/aromatic N) is 2. The standard InChI is InChI=1S/C18H11ClN2O5/c19-11-6-8-12(9-7-11)21-15(10-4-2-1-3-5-10)13(17(23)24)16(22)14(20-21)18(25)26/h1-9H,(H,23,24)(H,25,26). The molecule has 1 aromatic heterocycles. The summed E-state index contributed by atoms with van der Waals surface area (Å²) in [5.74, 6) is -3.15. The fourth-order valence-corrected chi connectivity index (χ4v) is 2.62. The number of carboxylic acid groups (broad SMARTS) is 2. The third kappa shape index (κ3) is 3.07. The van der Waals surface area contributed by atoms with Gasteiger partial charge in [0.1, 0.15) is 5.56 Å². The average Bonchev–Trinajstić information content (AvgIpc) is 2.62. The Morgan fingerprint density at radius 3 is 2.08 bits per heavy atom. The van der Waals surface area contributed by atoms with Crippen molar-refractivity contribution in [3.8, 4) is 16.9 Å². The molecular weight excluding hydrogens is 360 g/mol. The first kappa shape index (κ1) is 17.4. The summed E-state index contributed by atoms with van der Waals surface area (Å²) in [7, 11) is 0. The summed E-state index contributed by atoms with van der Waals surface area (Å²) in [4.78, 5) is 35.6. The SMILES string of the molecule is O=C(O)c1nn(-c2ccc(Cl)cc2)c(-c2ccccc2)c(C(=O)O)c1=O. The predicted molar refractivity (Wildman–Crippen MR) is 94.2 cm³/mol. The summed E-state index contributed by atoms with van der Waals surface area (Å²) < 4.78 is 1.12. The van der Waals surface area contributed by atoms with E-state index in [2.05, 4.69) is 5.10 Å². The summed E-state index contributed by atoms with van der Waals surface area (Å²) >= 11 is 5.88. The molecule has 7 nitrogen and oxygen atoms in total. The number of hydrogen-bond donors (Lipinski definition) is 2. The van der Waals surface area contributed by atoms with E-state index >= 15 is 0 Å². The number of halogens is 1. The van der Waals surface area contributed by atoms with E-state index in [1.165, 1.54) is 0 Å². The van der Waals surface area contributed by atoms with Crippen molar-refractivity contribution in [2.24, 2.45) is 0 Å². The van der Waals surface area contributed by atoms with Crippen LogP contribution in [-0.4, -0.2) is 31.9 Å². The van der Waals surface area contributed by atoms with Crippen molar-refractivity contribution in [3.63, 3.8) is 0 Å². The zero-order valence-electron chi connectivity index (χ0n) is 13.1. The maximum absolute atomic E-state index is 12.4. The van der Waals surface area contributed by atoms with Crippen molar-refractivity contribution in [2.75, 3.05) is 0 Å². The van der Waals surface area contributed by atoms with Crippen LogP contribution < -0.4 is 5.43 Å². The fourth-order valence-electron chi connectivity index (χ4n) is 2.50. The van der Waals surface area contributed by atoms with Crippen LogP contribution in [0.2, 0.25) is 5.02 Å². The molecule has 8 heteroatoms. The second kappa shape index (κ2) is 6.81. The molecule has 3 aromatic rings. The van der Waals surface area contributed by atoms with Gasteiger partial charge >= 0.3 is 11.9 Å². The van der Waals surface area contributed by atoms with Gasteiger partial charge in [-0.15, -0.1) is 0 Å². The number of rotatable bonds is 4. The van der Waals surface area contributed by atoms with Gasteiger partial charge in [-0.05, 0) is 24.3 Å². The minimum Gasteiger partial charge on any atom is -0.477 e. The van der Waals surface area contributed by atoms with Crippen LogP contribution in [0.3, 0.4) is 0 Å². The molecule has 0 aliphatic rings. The molecule has 0 unspecified atom stereocenters. The van der Waals surface area contributed by atoms with E-state index in [-0.39, 0.29) is 5.69 Å². The van der Waals surface area contributed by atoms with E-state index in [1.807, 2.05) is 0 Å². The van der Waals surface area contributed by atoms with E-state index in [4.69, 9.17) is 11.6 Å². The molecule has 0 saturated heterocycles. The first-order chi connectivity index (χ1) is 12.4. The van der Waals surface area contributed by atoms with Crippen molar-refractivity contribution in [1.82, 2.24) is 9.78 Å². The van der Waals surface area contributed by atoms with Crippen LogP contribution >= 0.6 is 11.6 Å². The molecule has 3 rings (SSSR count). The molecule has 0 atom stereocenters. The normalized spacial score (nSPS) is 10.5. The topological polar surface area (TPSA) is 109 Å². The number of aromatic carboxylic acids is 2. The maximum Gasteiger partial charge on any atom is 0.360 e. The highest BCUT2D eigenvalue weighted by atomic mass is 35.5. The maximum atomic E-state index is 12.4. The first-order valence-corrected chi connectivity index (χ1v) is 7.73. The Kier molecular flexibility index (Phi) is 4.55. The molecular formula is C18H11ClN2O5. The highest BCUT2D eigenvalue weighted by Crippen LogP contribution is 2.25. The van der Waals surface area contributed by atoms with Crippen LogP contribution in [0.1, 0.15) is 20.8 Å². The molecule has 130 valence electrons. The van der Waals surface area contributed by atoms with Crippen LogP contribution in [0.5, 0.6) is 0 Å². The van der Waals surface area contributed by atoms with Gasteiger partial charge in [-0.2, -0.15) is 5.10 Å². The third-order valence-corrected chi connectivity index (χ3v) is 3.88. The second-order valence-corrected chi connectivity index (χ2v) is 5.70. The van der Waals surface area contributed by atoms with Crippen LogP contribution in [0.4, 0.5) is 0 Å². The van der Waals surface area contributed by atoms with Gasteiger partial charge < -0.3 is 10.2 Å². The van der Waals surface area contributed by atoms with Crippen LogP contribution in [0.15, 0.2) is 59.4 Å². The van der Waals surface area contributed by atoms with Crippen LogP contribution in [0, 0.1) is 0 Å². The molecule has 0 saturated carbocycles. The number of benzene rings is 2. The zero-order valence-corrected chi connectivity index (χ0v) is 13.8. The van der Waals surface area contributed by atoms with Gasteiger partial charge in [-0.3, -0.25) is 4.79 Å². The minimum absolute atomic E-state index is 0.0181. The van der Waals surface area contributed by atoms with Gasteiger partial charge in [0.15, 0.2) is 0 Å². The Morgan fingerprint density at radius 1 is 0.923 bits per heavy atom. The Morgan fingerprint density at radius 2 is 1.54 bits per heavy atom. The van der Waals surface area contributed by atoms with E-state index in [1.54, 1.807) is 54.6 Å². The van der Waals surface area contributed by atoms with Gasteiger partial charge in [-0.25, -0.2) is 14.3 Å². The summed E-state index contributed by atoms with van der Waals surface area (Å²) in [6, 6.07) is 14.5. The molecule has 1 heterocycles. The number of carbonyl (C=O) groups is 2. The highest BCUT2D eigenvalue weighted by Gasteiger charge is 2.27. The molecule has 2 N–H and O–H groups in total. The molecule has 2 aromatic carbocycles.